The summed E-state index contributed by atoms with van der Waals surface area (Å²) in [6.45, 7) is 5.83. The first kappa shape index (κ1) is 22.3. The number of non-ortho nitro benzene ring substituents is 1. The van der Waals surface area contributed by atoms with E-state index in [1.165, 1.54) is 0 Å². The fourth-order valence-electron chi connectivity index (χ4n) is 2.36. The van der Waals surface area contributed by atoms with Gasteiger partial charge < -0.3 is 9.84 Å². The third kappa shape index (κ3) is 5.74. The van der Waals surface area contributed by atoms with Crippen LogP contribution in [0.2, 0.25) is 0 Å². The van der Waals surface area contributed by atoms with Gasteiger partial charge in [0.25, 0.3) is 17.3 Å². The number of ether oxygens (including phenoxy) is 1. The number of hydrazone groups is 1. The van der Waals surface area contributed by atoms with Crippen molar-refractivity contribution >= 4 is 23.5 Å². The second-order valence-corrected chi connectivity index (χ2v) is 7.25. The summed E-state index contributed by atoms with van der Waals surface area (Å²) in [5.41, 5.74) is 1.16. The maximum Gasteiger partial charge on any atom is 0.277 e. The second kappa shape index (κ2) is 8.99. The molecule has 30 heavy (non-hydrogen) atoms. The molecule has 158 valence electrons. The van der Waals surface area contributed by atoms with Crippen LogP contribution in [0.1, 0.15) is 31.9 Å². The van der Waals surface area contributed by atoms with Crippen molar-refractivity contribution in [1.82, 2.24) is 5.43 Å². The van der Waals surface area contributed by atoms with Crippen LogP contribution in [0.4, 0.5) is 11.4 Å². The van der Waals surface area contributed by atoms with Crippen LogP contribution in [0.5, 0.6) is 11.5 Å². The van der Waals surface area contributed by atoms with Gasteiger partial charge in [0.2, 0.25) is 0 Å². The zero-order valence-corrected chi connectivity index (χ0v) is 16.4. The normalized spacial score (nSPS) is 11.3. The molecule has 1 amide bonds. The van der Waals surface area contributed by atoms with Crippen molar-refractivity contribution in [1.29, 1.82) is 0 Å². The number of nitrogens with one attached hydrogen (secondary N) is 1. The van der Waals surface area contributed by atoms with E-state index in [0.29, 0.717) is 11.8 Å². The lowest BCUT2D eigenvalue weighted by atomic mass is 9.87. The topological polar surface area (TPSA) is 160 Å². The summed E-state index contributed by atoms with van der Waals surface area (Å²) < 4.78 is 5.34. The molecule has 0 saturated carbocycles. The predicted molar refractivity (Wildman–Crippen MR) is 106 cm³/mol. The van der Waals surface area contributed by atoms with Crippen molar-refractivity contribution in [3.05, 3.63) is 67.8 Å². The maximum atomic E-state index is 12.0. The van der Waals surface area contributed by atoms with Gasteiger partial charge in [-0.05, 0) is 28.9 Å². The Morgan fingerprint density at radius 2 is 1.77 bits per heavy atom. The Morgan fingerprint density at radius 3 is 2.30 bits per heavy atom. The molecule has 0 saturated heterocycles. The van der Waals surface area contributed by atoms with E-state index >= 15 is 0 Å². The Morgan fingerprint density at radius 1 is 1.13 bits per heavy atom. The Balaban J connectivity index is 2.01. The summed E-state index contributed by atoms with van der Waals surface area (Å²) in [5, 5.41) is 37.2. The lowest BCUT2D eigenvalue weighted by Gasteiger charge is -2.19. The molecule has 0 aliphatic carbocycles. The number of carbonyl (C=O) groups excluding carboxylic acids is 1. The second-order valence-electron chi connectivity index (χ2n) is 7.25. The number of carbonyl (C=O) groups is 1. The predicted octanol–water partition coefficient (Wildman–Crippen LogP) is 2.40. The molecule has 0 spiro atoms. The Labute approximate surface area is 171 Å². The smallest absolute Gasteiger partial charge is 0.277 e. The Hall–Kier alpha value is -4.02. The van der Waals surface area contributed by atoms with E-state index in [1.54, 1.807) is 12.1 Å². The van der Waals surface area contributed by atoms with Crippen molar-refractivity contribution in [3.8, 4) is 11.5 Å². The fraction of sp³-hybridized carbons (Fsp3) is 0.263. The van der Waals surface area contributed by atoms with Crippen molar-refractivity contribution in [3.63, 3.8) is 0 Å². The van der Waals surface area contributed by atoms with E-state index in [1.807, 2.05) is 12.1 Å². The molecule has 0 atom stereocenters. The number of rotatable bonds is 7. The first-order chi connectivity index (χ1) is 14.0. The summed E-state index contributed by atoms with van der Waals surface area (Å²) in [4.78, 5) is 31.7. The minimum absolute atomic E-state index is 0.0212. The number of hydrogen-bond donors (Lipinski definition) is 1. The Bertz CT molecular complexity index is 995. The lowest BCUT2D eigenvalue weighted by molar-refractivity contribution is -0.403. The minimum atomic E-state index is -1.06. The zero-order chi connectivity index (χ0) is 22.5. The van der Waals surface area contributed by atoms with Crippen LogP contribution in [0, 0.1) is 20.2 Å². The van der Waals surface area contributed by atoms with E-state index in [2.05, 4.69) is 31.3 Å². The first-order valence-corrected chi connectivity index (χ1v) is 8.68. The molecule has 2 aromatic rings. The number of benzene rings is 2. The third-order valence-electron chi connectivity index (χ3n) is 3.97. The number of hydrogen-bond acceptors (Lipinski definition) is 8. The number of nitro groups is 2. The average molecular weight is 415 g/mol. The van der Waals surface area contributed by atoms with Crippen LogP contribution in [0.15, 0.2) is 41.5 Å². The molecular weight excluding hydrogens is 396 g/mol. The lowest BCUT2D eigenvalue weighted by Crippen LogP contribution is -2.24. The standard InChI is InChI=1S/C19H20N4O7/c1-19(2,3)13-4-6-15(7-5-13)30-11-17(24)21-20-10-12-8-14(22(26)27)9-16(18(12)25)23(28)29/h4-10,25H,11H2,1-3H3,(H,21,24)/p-1/b20-10-. The molecule has 11 heteroatoms. The van der Waals surface area contributed by atoms with E-state index in [9.17, 15) is 30.1 Å². The van der Waals surface area contributed by atoms with Crippen molar-refractivity contribution in [2.24, 2.45) is 5.10 Å². The first-order valence-electron chi connectivity index (χ1n) is 8.68. The van der Waals surface area contributed by atoms with Crippen LogP contribution >= 0.6 is 0 Å². The van der Waals surface area contributed by atoms with Gasteiger partial charge in [0.15, 0.2) is 6.61 Å². The monoisotopic (exact) mass is 415 g/mol. The molecule has 2 rings (SSSR count). The van der Waals surface area contributed by atoms with Gasteiger partial charge in [-0.1, -0.05) is 32.9 Å². The molecule has 0 radical (unpaired) electrons. The van der Waals surface area contributed by atoms with Crippen molar-refractivity contribution in [2.75, 3.05) is 6.61 Å². The van der Waals surface area contributed by atoms with Gasteiger partial charge in [-0.25, -0.2) is 5.43 Å². The molecule has 0 aliphatic rings. The summed E-state index contributed by atoms with van der Waals surface area (Å²) >= 11 is 0. The van der Waals surface area contributed by atoms with Crippen LogP contribution in [0.3, 0.4) is 0 Å². The summed E-state index contributed by atoms with van der Waals surface area (Å²) in [6.07, 6.45) is 0.804. The van der Waals surface area contributed by atoms with Crippen molar-refractivity contribution in [2.45, 2.75) is 26.2 Å². The highest BCUT2D eigenvalue weighted by Gasteiger charge is 2.18. The third-order valence-corrected chi connectivity index (χ3v) is 3.97. The molecule has 0 unspecified atom stereocenters. The molecule has 2 aromatic carbocycles. The van der Waals surface area contributed by atoms with E-state index in [0.717, 1.165) is 17.8 Å². The van der Waals surface area contributed by atoms with Crippen LogP contribution in [0.25, 0.3) is 0 Å². The van der Waals surface area contributed by atoms with Gasteiger partial charge in [0.1, 0.15) is 5.75 Å². The quantitative estimate of drug-likeness (QED) is 0.412. The summed E-state index contributed by atoms with van der Waals surface area (Å²) in [7, 11) is 0. The van der Waals surface area contributed by atoms with Gasteiger partial charge in [-0.2, -0.15) is 5.10 Å². The van der Waals surface area contributed by atoms with Gasteiger partial charge in [-0.15, -0.1) is 0 Å². The van der Waals surface area contributed by atoms with Crippen LogP contribution in [-0.2, 0) is 10.2 Å². The molecule has 11 nitrogen and oxygen atoms in total. The average Bonchev–Trinajstić information content (AvgIpc) is 2.66. The zero-order valence-electron chi connectivity index (χ0n) is 16.4. The molecule has 0 aliphatic heterocycles. The van der Waals surface area contributed by atoms with Crippen LogP contribution < -0.4 is 15.3 Å². The molecule has 0 aromatic heterocycles. The minimum Gasteiger partial charge on any atom is -0.867 e. The highest BCUT2D eigenvalue weighted by atomic mass is 16.6. The molecule has 0 bridgehead atoms. The highest BCUT2D eigenvalue weighted by Crippen LogP contribution is 2.31. The number of amides is 1. The largest absolute Gasteiger partial charge is 0.867 e. The van der Waals surface area contributed by atoms with E-state index in [4.69, 9.17) is 4.74 Å². The van der Waals surface area contributed by atoms with E-state index in [-0.39, 0.29) is 12.0 Å². The van der Waals surface area contributed by atoms with Gasteiger partial charge in [0.05, 0.1) is 22.1 Å². The van der Waals surface area contributed by atoms with Gasteiger partial charge >= 0.3 is 0 Å². The number of nitrogens with zero attached hydrogens (tertiary/aromatic N) is 3. The highest BCUT2D eigenvalue weighted by molar-refractivity contribution is 5.88. The number of nitro benzene ring substituents is 2. The van der Waals surface area contributed by atoms with Gasteiger partial charge in [-0.3, -0.25) is 25.0 Å². The summed E-state index contributed by atoms with van der Waals surface area (Å²) in [5.74, 6) is -1.24. The van der Waals surface area contributed by atoms with E-state index < -0.39 is 38.4 Å². The fourth-order valence-corrected chi connectivity index (χ4v) is 2.36. The molecule has 1 N–H and O–H groups in total. The maximum absolute atomic E-state index is 12.0. The SMILES string of the molecule is CC(C)(C)c1ccc(OCC(=O)N/N=C\c2cc([N+](=O)[O-])cc([N+](=O)[O-])c2[O-])cc1. The van der Waals surface area contributed by atoms with Gasteiger partial charge in [0, 0.05) is 11.6 Å². The molecule has 0 fully saturated rings. The Kier molecular flexibility index (Phi) is 6.67. The van der Waals surface area contributed by atoms with Crippen LogP contribution in [-0.4, -0.2) is 28.6 Å². The molecule has 0 heterocycles. The summed E-state index contributed by atoms with van der Waals surface area (Å²) in [6, 6.07) is 8.62. The van der Waals surface area contributed by atoms with Crippen molar-refractivity contribution < 1.29 is 24.5 Å². The molecular formula is C19H19N4O7-.